The zero-order valence-corrected chi connectivity index (χ0v) is 43.5. The molecule has 0 bridgehead atoms. The highest BCUT2D eigenvalue weighted by Crippen LogP contribution is 2.27. The minimum absolute atomic E-state index is 0.290. The smallest absolute Gasteiger partial charge is 0.255 e. The third-order valence-corrected chi connectivity index (χ3v) is 12.7. The van der Waals surface area contributed by atoms with Crippen molar-refractivity contribution >= 4 is 69.6 Å². The van der Waals surface area contributed by atoms with Crippen LogP contribution in [0.5, 0.6) is 0 Å². The molecule has 12 heteroatoms. The Kier molecular flexibility index (Phi) is 17.0. The van der Waals surface area contributed by atoms with E-state index in [0.29, 0.717) is 67.5 Å². The molecule has 12 nitrogen and oxygen atoms in total. The number of hydrogen-bond acceptors (Lipinski definition) is 6. The maximum atomic E-state index is 13.0. The van der Waals surface area contributed by atoms with Gasteiger partial charge in [0.2, 0.25) is 0 Å². The van der Waals surface area contributed by atoms with Crippen molar-refractivity contribution in [1.82, 2.24) is 0 Å². The van der Waals surface area contributed by atoms with Crippen molar-refractivity contribution in [3.05, 3.63) is 247 Å². The molecule has 0 saturated carbocycles. The van der Waals surface area contributed by atoms with E-state index in [4.69, 9.17) is 0 Å². The maximum Gasteiger partial charge on any atom is 0.255 e. The van der Waals surface area contributed by atoms with Gasteiger partial charge in [0.25, 0.3) is 35.4 Å². The summed E-state index contributed by atoms with van der Waals surface area (Å²) in [6.07, 6.45) is 0. The van der Waals surface area contributed by atoms with Gasteiger partial charge in [-0.15, -0.1) is 0 Å². The number of nitrogens with one attached hydrogen (secondary N) is 6. The predicted molar refractivity (Wildman–Crippen MR) is 302 cm³/mol. The fraction of sp³-hybridized carbons (Fsp3) is 0.143. The van der Waals surface area contributed by atoms with Crippen molar-refractivity contribution in [2.24, 2.45) is 0 Å². The fourth-order valence-electron chi connectivity index (χ4n) is 7.67. The molecule has 6 amide bonds. The van der Waals surface area contributed by atoms with Crippen LogP contribution in [0.3, 0.4) is 0 Å². The number of amides is 6. The van der Waals surface area contributed by atoms with Crippen molar-refractivity contribution in [2.75, 3.05) is 31.9 Å². The molecule has 0 heterocycles. The second kappa shape index (κ2) is 23.9. The Balaban J connectivity index is 0.000000219. The maximum absolute atomic E-state index is 13.0. The highest BCUT2D eigenvalue weighted by atomic mass is 16.2. The Morgan fingerprint density at radius 1 is 0.213 bits per heavy atom. The van der Waals surface area contributed by atoms with Crippen LogP contribution in [0.15, 0.2) is 164 Å². The van der Waals surface area contributed by atoms with Crippen LogP contribution in [0.25, 0.3) is 0 Å². The Bertz CT molecular complexity index is 3080. The second-order valence-corrected chi connectivity index (χ2v) is 18.8. The molecule has 8 aromatic carbocycles. The van der Waals surface area contributed by atoms with Crippen LogP contribution in [0.2, 0.25) is 0 Å². The quantitative estimate of drug-likeness (QED) is 0.0710. The second-order valence-electron chi connectivity index (χ2n) is 18.8. The lowest BCUT2D eigenvalue weighted by Gasteiger charge is -2.14. The van der Waals surface area contributed by atoms with Crippen LogP contribution in [0, 0.1) is 62.3 Å². The minimum atomic E-state index is -0.298. The van der Waals surface area contributed by atoms with E-state index in [1.54, 1.807) is 91.0 Å². The van der Waals surface area contributed by atoms with Gasteiger partial charge in [-0.2, -0.15) is 0 Å². The summed E-state index contributed by atoms with van der Waals surface area (Å²) in [7, 11) is 0. The summed E-state index contributed by atoms with van der Waals surface area (Å²) in [5.41, 5.74) is 15.1. The van der Waals surface area contributed by atoms with Gasteiger partial charge >= 0.3 is 0 Å². The van der Waals surface area contributed by atoms with Crippen molar-refractivity contribution in [2.45, 2.75) is 62.3 Å². The normalized spacial score (nSPS) is 10.5. The first-order valence-electron chi connectivity index (χ1n) is 24.4. The third-order valence-electron chi connectivity index (χ3n) is 12.7. The van der Waals surface area contributed by atoms with Gasteiger partial charge in [0.1, 0.15) is 0 Å². The van der Waals surface area contributed by atoms with Crippen LogP contribution in [-0.4, -0.2) is 35.4 Å². The molecule has 8 rings (SSSR count). The topological polar surface area (TPSA) is 175 Å². The summed E-state index contributed by atoms with van der Waals surface area (Å²) < 4.78 is 0. The van der Waals surface area contributed by atoms with E-state index in [2.05, 4.69) is 31.9 Å². The summed E-state index contributed by atoms with van der Waals surface area (Å²) in [6.45, 7) is 17.7. The first-order valence-corrected chi connectivity index (χ1v) is 24.4. The largest absolute Gasteiger partial charge is 0.322 e. The molecule has 0 fully saturated rings. The molecule has 75 heavy (non-hydrogen) atoms. The summed E-state index contributed by atoms with van der Waals surface area (Å²) in [5.74, 6) is -1.76. The SMILES string of the molecule is Cc1ccc(C(=O)Nc2cc(NC(=O)c3ccc(C)c(C)c3)cc(NC(=O)c3ccc(C)c(C)c3)c2)cc1C.Cc1ccc(C(=O)Nc2cc(NC(=O)c3ccc(C)cc3)cc(NC(=O)c3ccc(C)cc3)c2)cc1. The van der Waals surface area contributed by atoms with E-state index in [9.17, 15) is 28.8 Å². The molecule has 0 radical (unpaired) electrons. The number of carbonyl (C=O) groups excluding carboxylic acids is 6. The minimum Gasteiger partial charge on any atom is -0.322 e. The van der Waals surface area contributed by atoms with E-state index in [-0.39, 0.29) is 35.4 Å². The lowest BCUT2D eigenvalue weighted by atomic mass is 10.1. The Labute approximate surface area is 438 Å². The highest BCUT2D eigenvalue weighted by Gasteiger charge is 2.16. The number of aryl methyl sites for hydroxylation is 9. The van der Waals surface area contributed by atoms with Crippen LogP contribution in [0.1, 0.15) is 112 Å². The molecule has 0 aromatic heterocycles. The van der Waals surface area contributed by atoms with Gasteiger partial charge in [-0.05, 0) is 205 Å². The van der Waals surface area contributed by atoms with Crippen molar-refractivity contribution < 1.29 is 28.8 Å². The molecule has 0 atom stereocenters. The van der Waals surface area contributed by atoms with Crippen LogP contribution in [0.4, 0.5) is 34.1 Å². The van der Waals surface area contributed by atoms with E-state index in [1.807, 2.05) is 135 Å². The predicted octanol–water partition coefficient (Wildman–Crippen LogP) is 13.7. The van der Waals surface area contributed by atoms with Crippen molar-refractivity contribution in [1.29, 1.82) is 0 Å². The van der Waals surface area contributed by atoms with Gasteiger partial charge in [0.05, 0.1) is 0 Å². The number of anilines is 6. The summed E-state index contributed by atoms with van der Waals surface area (Å²) in [4.78, 5) is 77.6. The van der Waals surface area contributed by atoms with Crippen molar-refractivity contribution in [3.63, 3.8) is 0 Å². The molecule has 0 unspecified atom stereocenters. The summed E-state index contributed by atoms with van der Waals surface area (Å²) in [5, 5.41) is 17.3. The average molecular weight is 997 g/mol. The molecule has 0 saturated heterocycles. The molecule has 0 aliphatic heterocycles. The number of rotatable bonds is 12. The Morgan fingerprint density at radius 2 is 0.387 bits per heavy atom. The Hall–Kier alpha value is -9.42. The molecular formula is C63H60N6O6. The number of hydrogen-bond donors (Lipinski definition) is 6. The fourth-order valence-corrected chi connectivity index (χ4v) is 7.67. The molecule has 0 aliphatic carbocycles. The van der Waals surface area contributed by atoms with Gasteiger partial charge in [0.15, 0.2) is 0 Å². The van der Waals surface area contributed by atoms with E-state index in [0.717, 1.165) is 50.1 Å². The lowest BCUT2D eigenvalue weighted by molar-refractivity contribution is 0.101. The van der Waals surface area contributed by atoms with Gasteiger partial charge in [-0.1, -0.05) is 71.3 Å². The molecule has 8 aromatic rings. The van der Waals surface area contributed by atoms with Crippen LogP contribution >= 0.6 is 0 Å². The molecule has 378 valence electrons. The van der Waals surface area contributed by atoms with Gasteiger partial charge in [0, 0.05) is 67.5 Å². The van der Waals surface area contributed by atoms with E-state index >= 15 is 0 Å². The molecule has 0 aliphatic rings. The molecular weight excluding hydrogens is 937 g/mol. The van der Waals surface area contributed by atoms with Gasteiger partial charge in [-0.3, -0.25) is 28.8 Å². The zero-order valence-electron chi connectivity index (χ0n) is 43.5. The third kappa shape index (κ3) is 14.6. The molecule has 6 N–H and O–H groups in total. The van der Waals surface area contributed by atoms with E-state index in [1.165, 1.54) is 0 Å². The first kappa shape index (κ1) is 53.4. The first-order chi connectivity index (χ1) is 35.8. The average Bonchev–Trinajstić information content (AvgIpc) is 3.37. The zero-order chi connectivity index (χ0) is 53.9. The number of carbonyl (C=O) groups is 6. The number of benzene rings is 8. The van der Waals surface area contributed by atoms with E-state index < -0.39 is 0 Å². The standard InChI is InChI=1S/C33H33N3O3.C30H27N3O3/c1-19-7-10-25(13-22(19)4)31(37)34-28-16-29(35-32(38)26-11-8-20(2)23(5)14-26)18-30(17-28)36-33(39)27-12-9-21(3)24(6)15-27;1-19-4-10-22(11-5-19)28(34)31-25-16-26(32-29(35)23-12-6-20(2)7-13-23)18-27(17-25)33-30(36)24-14-8-21(3)9-15-24/h7-18H,1-6H3,(H,34,37)(H,35,38)(H,36,39);4-18H,1-3H3,(H,31,34)(H,32,35)(H,33,36). The van der Waals surface area contributed by atoms with Crippen molar-refractivity contribution in [3.8, 4) is 0 Å². The monoisotopic (exact) mass is 996 g/mol. The van der Waals surface area contributed by atoms with Gasteiger partial charge in [-0.25, -0.2) is 0 Å². The van der Waals surface area contributed by atoms with Gasteiger partial charge < -0.3 is 31.9 Å². The highest BCUT2D eigenvalue weighted by molar-refractivity contribution is 6.11. The van der Waals surface area contributed by atoms with Crippen LogP contribution < -0.4 is 31.9 Å². The van der Waals surface area contributed by atoms with Crippen LogP contribution in [-0.2, 0) is 0 Å². The summed E-state index contributed by atoms with van der Waals surface area (Å²) in [6, 6.07) is 48.1. The Morgan fingerprint density at radius 3 is 0.573 bits per heavy atom. The summed E-state index contributed by atoms with van der Waals surface area (Å²) >= 11 is 0. The molecule has 0 spiro atoms. The lowest BCUT2D eigenvalue weighted by Crippen LogP contribution is -2.16.